The zero-order chi connectivity index (χ0) is 21.3. The molecule has 4 heteroatoms. The summed E-state index contributed by atoms with van der Waals surface area (Å²) < 4.78 is 0. The molecule has 3 rings (SSSR count). The van der Waals surface area contributed by atoms with Crippen LogP contribution in [-0.4, -0.2) is 28.8 Å². The lowest BCUT2D eigenvalue weighted by Crippen LogP contribution is -2.52. The van der Waals surface area contributed by atoms with Crippen molar-refractivity contribution in [2.45, 2.75) is 77.4 Å². The second-order valence-electron chi connectivity index (χ2n) is 8.41. The van der Waals surface area contributed by atoms with Gasteiger partial charge in [-0.3, -0.25) is 9.59 Å². The van der Waals surface area contributed by atoms with Gasteiger partial charge in [0.25, 0.3) is 0 Å². The molecule has 0 saturated heterocycles. The molecule has 1 aliphatic rings. The van der Waals surface area contributed by atoms with Crippen LogP contribution in [0, 0.1) is 6.92 Å². The molecule has 4 nitrogen and oxygen atoms in total. The summed E-state index contributed by atoms with van der Waals surface area (Å²) in [7, 11) is 0. The van der Waals surface area contributed by atoms with Crippen molar-refractivity contribution in [3.63, 3.8) is 0 Å². The number of aryl methyl sites for hydroxylation is 1. The Morgan fingerprint density at radius 3 is 2.37 bits per heavy atom. The Kier molecular flexibility index (Phi) is 8.06. The van der Waals surface area contributed by atoms with E-state index in [1.54, 1.807) is 4.90 Å². The van der Waals surface area contributed by atoms with Crippen LogP contribution < -0.4 is 5.32 Å². The fourth-order valence-electron chi connectivity index (χ4n) is 4.31. The molecule has 0 bridgehead atoms. The molecule has 1 N–H and O–H groups in total. The average molecular weight is 407 g/mol. The summed E-state index contributed by atoms with van der Waals surface area (Å²) >= 11 is 0. The van der Waals surface area contributed by atoms with Crippen molar-refractivity contribution in [3.05, 3.63) is 71.3 Å². The monoisotopic (exact) mass is 406 g/mol. The van der Waals surface area contributed by atoms with Crippen molar-refractivity contribution in [1.82, 2.24) is 10.2 Å². The second-order valence-corrected chi connectivity index (χ2v) is 8.41. The molecule has 30 heavy (non-hydrogen) atoms. The largest absolute Gasteiger partial charge is 0.352 e. The molecule has 0 spiro atoms. The van der Waals surface area contributed by atoms with E-state index in [9.17, 15) is 9.59 Å². The third-order valence-electron chi connectivity index (χ3n) is 5.96. The first-order valence-corrected chi connectivity index (χ1v) is 11.3. The highest BCUT2D eigenvalue weighted by atomic mass is 16.2. The molecule has 2 aromatic carbocycles. The summed E-state index contributed by atoms with van der Waals surface area (Å²) in [6.45, 7) is 4.36. The van der Waals surface area contributed by atoms with E-state index in [1.165, 1.54) is 6.42 Å². The van der Waals surface area contributed by atoms with Crippen LogP contribution in [-0.2, 0) is 22.6 Å². The van der Waals surface area contributed by atoms with Crippen LogP contribution >= 0.6 is 0 Å². The van der Waals surface area contributed by atoms with Gasteiger partial charge >= 0.3 is 0 Å². The van der Waals surface area contributed by atoms with E-state index in [-0.39, 0.29) is 17.9 Å². The molecule has 0 heterocycles. The summed E-state index contributed by atoms with van der Waals surface area (Å²) in [6.07, 6.45) is 6.54. The first kappa shape index (κ1) is 22.1. The van der Waals surface area contributed by atoms with Crippen molar-refractivity contribution in [3.8, 4) is 0 Å². The van der Waals surface area contributed by atoms with Crippen LogP contribution in [0.25, 0.3) is 0 Å². The molecule has 2 amide bonds. The maximum atomic E-state index is 13.4. The van der Waals surface area contributed by atoms with Crippen LogP contribution in [0.1, 0.15) is 62.1 Å². The number of hydrogen-bond acceptors (Lipinski definition) is 2. The maximum Gasteiger partial charge on any atom is 0.243 e. The maximum absolute atomic E-state index is 13.4. The summed E-state index contributed by atoms with van der Waals surface area (Å²) in [5.74, 6) is -0.0172. The van der Waals surface area contributed by atoms with E-state index in [0.717, 1.165) is 42.4 Å². The van der Waals surface area contributed by atoms with Gasteiger partial charge in [-0.05, 0) is 30.9 Å². The van der Waals surface area contributed by atoms with Gasteiger partial charge in [0.2, 0.25) is 11.8 Å². The van der Waals surface area contributed by atoms with Crippen LogP contribution in [0.4, 0.5) is 0 Å². The molecular formula is C26H34N2O2. The third kappa shape index (κ3) is 6.19. The predicted octanol–water partition coefficient (Wildman–Crippen LogP) is 4.79. The molecule has 0 unspecified atom stereocenters. The molecule has 1 fully saturated rings. The molecule has 0 aromatic heterocycles. The summed E-state index contributed by atoms with van der Waals surface area (Å²) in [4.78, 5) is 28.2. The van der Waals surface area contributed by atoms with E-state index in [1.807, 2.05) is 62.4 Å². The van der Waals surface area contributed by atoms with E-state index in [2.05, 4.69) is 11.4 Å². The van der Waals surface area contributed by atoms with Gasteiger partial charge < -0.3 is 10.2 Å². The molecule has 1 saturated carbocycles. The normalized spacial score (nSPS) is 15.4. The van der Waals surface area contributed by atoms with Crippen molar-refractivity contribution >= 4 is 11.8 Å². The van der Waals surface area contributed by atoms with Crippen molar-refractivity contribution in [2.24, 2.45) is 0 Å². The molecule has 1 atom stereocenters. The number of rotatable bonds is 8. The van der Waals surface area contributed by atoms with Crippen molar-refractivity contribution < 1.29 is 9.59 Å². The zero-order valence-electron chi connectivity index (χ0n) is 18.3. The predicted molar refractivity (Wildman–Crippen MR) is 121 cm³/mol. The lowest BCUT2D eigenvalue weighted by molar-refractivity contribution is -0.141. The highest BCUT2D eigenvalue weighted by Gasteiger charge is 2.31. The minimum atomic E-state index is -0.512. The Labute approximate surface area is 180 Å². The zero-order valence-corrected chi connectivity index (χ0v) is 18.3. The van der Waals surface area contributed by atoms with Gasteiger partial charge in [-0.15, -0.1) is 0 Å². The van der Waals surface area contributed by atoms with E-state index >= 15 is 0 Å². The molecule has 0 radical (unpaired) electrons. The van der Waals surface area contributed by atoms with Crippen LogP contribution in [0.3, 0.4) is 0 Å². The number of nitrogens with zero attached hydrogens (tertiary/aromatic N) is 1. The van der Waals surface area contributed by atoms with E-state index in [0.29, 0.717) is 19.4 Å². The number of nitrogens with one attached hydrogen (secondary N) is 1. The lowest BCUT2D eigenvalue weighted by atomic mass is 9.94. The number of carbonyl (C=O) groups excluding carboxylic acids is 2. The minimum absolute atomic E-state index is 0.0104. The number of benzene rings is 2. The smallest absolute Gasteiger partial charge is 0.243 e. The van der Waals surface area contributed by atoms with Gasteiger partial charge in [0.15, 0.2) is 0 Å². The summed E-state index contributed by atoms with van der Waals surface area (Å²) in [6, 6.07) is 17.9. The van der Waals surface area contributed by atoms with Gasteiger partial charge in [0.1, 0.15) is 6.04 Å². The highest BCUT2D eigenvalue weighted by Crippen LogP contribution is 2.20. The Morgan fingerprint density at radius 2 is 1.70 bits per heavy atom. The number of hydrogen-bond donors (Lipinski definition) is 1. The molecule has 2 aromatic rings. The molecule has 1 aliphatic carbocycles. The van der Waals surface area contributed by atoms with E-state index < -0.39 is 6.04 Å². The van der Waals surface area contributed by atoms with E-state index in [4.69, 9.17) is 0 Å². The molecular weight excluding hydrogens is 372 g/mol. The Morgan fingerprint density at radius 1 is 1.00 bits per heavy atom. The standard InChI is InChI=1S/C26H34N2O2/c1-3-25(29)28(19-22-14-10-11-20(2)17-22)24(18-21-12-6-4-7-13-21)26(30)27-23-15-8-5-9-16-23/h4,6-7,10-14,17,23-24H,3,5,8-9,15-16,18-19H2,1-2H3,(H,27,30)/t24-/m1/s1. The summed E-state index contributed by atoms with van der Waals surface area (Å²) in [5, 5.41) is 3.26. The first-order valence-electron chi connectivity index (χ1n) is 11.3. The fraction of sp³-hybridized carbons (Fsp3) is 0.462. The Hall–Kier alpha value is -2.62. The van der Waals surface area contributed by atoms with Crippen molar-refractivity contribution in [2.75, 3.05) is 0 Å². The van der Waals surface area contributed by atoms with Gasteiger partial charge in [-0.1, -0.05) is 86.3 Å². The number of carbonyl (C=O) groups is 2. The molecule has 160 valence electrons. The lowest BCUT2D eigenvalue weighted by Gasteiger charge is -2.33. The van der Waals surface area contributed by atoms with Gasteiger partial charge in [-0.25, -0.2) is 0 Å². The van der Waals surface area contributed by atoms with Crippen molar-refractivity contribution in [1.29, 1.82) is 0 Å². The highest BCUT2D eigenvalue weighted by molar-refractivity contribution is 5.88. The fourth-order valence-corrected chi connectivity index (χ4v) is 4.31. The quantitative estimate of drug-likeness (QED) is 0.685. The van der Waals surface area contributed by atoms with Gasteiger partial charge in [0.05, 0.1) is 0 Å². The Balaban J connectivity index is 1.86. The third-order valence-corrected chi connectivity index (χ3v) is 5.96. The minimum Gasteiger partial charge on any atom is -0.352 e. The van der Waals surface area contributed by atoms with Crippen LogP contribution in [0.15, 0.2) is 54.6 Å². The Bertz CT molecular complexity index is 828. The molecule has 0 aliphatic heterocycles. The first-order chi connectivity index (χ1) is 14.6. The summed E-state index contributed by atoms with van der Waals surface area (Å²) in [5.41, 5.74) is 3.28. The number of amides is 2. The van der Waals surface area contributed by atoms with Gasteiger partial charge in [0, 0.05) is 25.4 Å². The van der Waals surface area contributed by atoms with Crippen LogP contribution in [0.2, 0.25) is 0 Å². The average Bonchev–Trinajstić information content (AvgIpc) is 2.77. The van der Waals surface area contributed by atoms with Gasteiger partial charge in [-0.2, -0.15) is 0 Å². The van der Waals surface area contributed by atoms with Crippen LogP contribution in [0.5, 0.6) is 0 Å². The SMILES string of the molecule is CCC(=O)N(Cc1cccc(C)c1)[C@H](Cc1ccccc1)C(=O)NC1CCCCC1. The topological polar surface area (TPSA) is 49.4 Å². The second kappa shape index (κ2) is 11.0.